The lowest BCUT2D eigenvalue weighted by atomic mass is 10.2. The summed E-state index contributed by atoms with van der Waals surface area (Å²) in [7, 11) is -7.73. The molecule has 2 aromatic rings. The minimum absolute atomic E-state index is 0.0758. The zero-order chi connectivity index (χ0) is 18.7. The standard InChI is InChI=1S/C15H17ClN2O5S2/c1-11-13(18-24(20,21)12-5-3-2-4-6-12)7-8-14(15(11)16)25(22,23)17-9-10-19/h2-8,17-19H,9-10H2,1H3. The Morgan fingerprint density at radius 3 is 2.24 bits per heavy atom. The van der Waals surface area contributed by atoms with Crippen LogP contribution in [0.1, 0.15) is 5.56 Å². The Labute approximate surface area is 151 Å². The van der Waals surface area contributed by atoms with E-state index in [0.717, 1.165) is 0 Å². The van der Waals surface area contributed by atoms with Gasteiger partial charge >= 0.3 is 0 Å². The Morgan fingerprint density at radius 1 is 1.00 bits per heavy atom. The van der Waals surface area contributed by atoms with Crippen molar-refractivity contribution in [3.05, 3.63) is 53.1 Å². The molecule has 0 saturated heterocycles. The third-order valence-electron chi connectivity index (χ3n) is 3.34. The van der Waals surface area contributed by atoms with Crippen LogP contribution in [0.15, 0.2) is 52.3 Å². The van der Waals surface area contributed by atoms with Crippen molar-refractivity contribution in [2.24, 2.45) is 0 Å². The Hall–Kier alpha value is -1.65. The highest BCUT2D eigenvalue weighted by Crippen LogP contribution is 2.31. The lowest BCUT2D eigenvalue weighted by molar-refractivity contribution is 0.301. The SMILES string of the molecule is Cc1c(NS(=O)(=O)c2ccccc2)ccc(S(=O)(=O)NCCO)c1Cl. The molecule has 25 heavy (non-hydrogen) atoms. The topological polar surface area (TPSA) is 113 Å². The van der Waals surface area contributed by atoms with Crippen LogP contribution in [0.4, 0.5) is 5.69 Å². The van der Waals surface area contributed by atoms with E-state index in [2.05, 4.69) is 9.44 Å². The van der Waals surface area contributed by atoms with E-state index in [1.165, 1.54) is 31.2 Å². The number of benzene rings is 2. The molecule has 0 aromatic heterocycles. The van der Waals surface area contributed by atoms with Crippen molar-refractivity contribution < 1.29 is 21.9 Å². The highest BCUT2D eigenvalue weighted by molar-refractivity contribution is 7.92. The number of hydrogen-bond donors (Lipinski definition) is 3. The van der Waals surface area contributed by atoms with Gasteiger partial charge < -0.3 is 5.11 Å². The largest absolute Gasteiger partial charge is 0.395 e. The highest BCUT2D eigenvalue weighted by Gasteiger charge is 2.22. The average molecular weight is 405 g/mol. The van der Waals surface area contributed by atoms with Gasteiger partial charge in [0.2, 0.25) is 10.0 Å². The zero-order valence-corrected chi connectivity index (χ0v) is 15.6. The van der Waals surface area contributed by atoms with E-state index in [-0.39, 0.29) is 39.2 Å². The van der Waals surface area contributed by atoms with E-state index in [0.29, 0.717) is 0 Å². The Balaban J connectivity index is 2.38. The van der Waals surface area contributed by atoms with E-state index in [1.54, 1.807) is 18.2 Å². The molecule has 136 valence electrons. The molecule has 0 heterocycles. The number of sulfonamides is 2. The fourth-order valence-electron chi connectivity index (χ4n) is 2.04. The summed E-state index contributed by atoms with van der Waals surface area (Å²) in [5.74, 6) is 0. The molecule has 0 fully saturated rings. The van der Waals surface area contributed by atoms with Gasteiger partial charge in [0.25, 0.3) is 10.0 Å². The fraction of sp³-hybridized carbons (Fsp3) is 0.200. The van der Waals surface area contributed by atoms with Crippen molar-refractivity contribution in [3.8, 4) is 0 Å². The Morgan fingerprint density at radius 2 is 1.64 bits per heavy atom. The summed E-state index contributed by atoms with van der Waals surface area (Å²) < 4.78 is 53.6. The molecular weight excluding hydrogens is 388 g/mol. The van der Waals surface area contributed by atoms with Crippen molar-refractivity contribution in [2.75, 3.05) is 17.9 Å². The van der Waals surface area contributed by atoms with Gasteiger partial charge in [0.05, 0.1) is 22.2 Å². The highest BCUT2D eigenvalue weighted by atomic mass is 35.5. The maximum atomic E-state index is 12.4. The van der Waals surface area contributed by atoms with Crippen LogP contribution in [0.2, 0.25) is 5.02 Å². The van der Waals surface area contributed by atoms with E-state index in [4.69, 9.17) is 16.7 Å². The van der Waals surface area contributed by atoms with Gasteiger partial charge in [0.1, 0.15) is 4.90 Å². The quantitative estimate of drug-likeness (QED) is 0.650. The number of nitrogens with one attached hydrogen (secondary N) is 2. The van der Waals surface area contributed by atoms with Crippen LogP contribution >= 0.6 is 11.6 Å². The Kier molecular flexibility index (Phi) is 6.07. The zero-order valence-electron chi connectivity index (χ0n) is 13.2. The van der Waals surface area contributed by atoms with Crippen LogP contribution in [0.25, 0.3) is 0 Å². The van der Waals surface area contributed by atoms with Crippen LogP contribution in [-0.2, 0) is 20.0 Å². The van der Waals surface area contributed by atoms with E-state index < -0.39 is 20.0 Å². The first-order chi connectivity index (χ1) is 11.7. The van der Waals surface area contributed by atoms with Gasteiger partial charge in [0, 0.05) is 6.54 Å². The molecule has 0 bridgehead atoms. The first-order valence-electron chi connectivity index (χ1n) is 7.16. The molecule has 0 saturated carbocycles. The lowest BCUT2D eigenvalue weighted by Gasteiger charge is -2.14. The summed E-state index contributed by atoms with van der Waals surface area (Å²) >= 11 is 6.12. The number of anilines is 1. The first kappa shape index (κ1) is 19.7. The molecular formula is C15H17ClN2O5S2. The number of aliphatic hydroxyl groups is 1. The second kappa shape index (κ2) is 7.71. The lowest BCUT2D eigenvalue weighted by Crippen LogP contribution is -2.27. The normalized spacial score (nSPS) is 12.1. The van der Waals surface area contributed by atoms with Crippen LogP contribution in [0.3, 0.4) is 0 Å². The summed E-state index contributed by atoms with van der Waals surface area (Å²) in [4.78, 5) is -0.116. The summed E-state index contributed by atoms with van der Waals surface area (Å²) in [5.41, 5.74) is 0.447. The van der Waals surface area contributed by atoms with Gasteiger partial charge in [0.15, 0.2) is 0 Å². The summed E-state index contributed by atoms with van der Waals surface area (Å²) in [6.07, 6.45) is 0. The van der Waals surface area contributed by atoms with Gasteiger partial charge in [-0.15, -0.1) is 0 Å². The number of halogens is 1. The number of hydrogen-bond acceptors (Lipinski definition) is 5. The molecule has 3 N–H and O–H groups in total. The van der Waals surface area contributed by atoms with Gasteiger partial charge in [-0.05, 0) is 36.8 Å². The van der Waals surface area contributed by atoms with Crippen LogP contribution in [0, 0.1) is 6.92 Å². The number of aliphatic hydroxyl groups excluding tert-OH is 1. The van der Waals surface area contributed by atoms with E-state index >= 15 is 0 Å². The van der Waals surface area contributed by atoms with Gasteiger partial charge in [-0.3, -0.25) is 4.72 Å². The molecule has 0 radical (unpaired) electrons. The second-order valence-electron chi connectivity index (χ2n) is 5.09. The summed E-state index contributed by atoms with van der Waals surface area (Å²) in [6.45, 7) is 1.00. The predicted octanol–water partition coefficient (Wildman–Crippen LogP) is 1.72. The predicted molar refractivity (Wildman–Crippen MR) is 95.7 cm³/mol. The van der Waals surface area contributed by atoms with Gasteiger partial charge in [-0.1, -0.05) is 29.8 Å². The van der Waals surface area contributed by atoms with Crippen LogP contribution in [-0.4, -0.2) is 35.1 Å². The molecule has 0 atom stereocenters. The summed E-state index contributed by atoms with van der Waals surface area (Å²) in [6, 6.07) is 10.3. The first-order valence-corrected chi connectivity index (χ1v) is 10.5. The molecule has 7 nitrogen and oxygen atoms in total. The second-order valence-corrected chi connectivity index (χ2v) is 8.89. The third kappa shape index (κ3) is 4.50. The molecule has 0 aliphatic carbocycles. The van der Waals surface area contributed by atoms with Crippen molar-refractivity contribution in [1.29, 1.82) is 0 Å². The van der Waals surface area contributed by atoms with Gasteiger partial charge in [-0.25, -0.2) is 21.6 Å². The molecule has 10 heteroatoms. The molecule has 0 unspecified atom stereocenters. The van der Waals surface area contributed by atoms with Crippen molar-refractivity contribution in [3.63, 3.8) is 0 Å². The smallest absolute Gasteiger partial charge is 0.261 e. The van der Waals surface area contributed by atoms with E-state index in [9.17, 15) is 16.8 Å². The molecule has 0 aliphatic rings. The van der Waals surface area contributed by atoms with Crippen molar-refractivity contribution >= 4 is 37.3 Å². The molecule has 2 rings (SSSR count). The van der Waals surface area contributed by atoms with Crippen molar-refractivity contribution in [2.45, 2.75) is 16.7 Å². The minimum atomic E-state index is -3.91. The molecule has 0 aliphatic heterocycles. The maximum Gasteiger partial charge on any atom is 0.261 e. The number of rotatable bonds is 7. The monoisotopic (exact) mass is 404 g/mol. The van der Waals surface area contributed by atoms with Crippen molar-refractivity contribution in [1.82, 2.24) is 4.72 Å². The van der Waals surface area contributed by atoms with E-state index in [1.807, 2.05) is 0 Å². The van der Waals surface area contributed by atoms with Crippen LogP contribution < -0.4 is 9.44 Å². The third-order valence-corrected chi connectivity index (χ3v) is 6.83. The summed E-state index contributed by atoms with van der Waals surface area (Å²) in [5, 5.41) is 8.65. The minimum Gasteiger partial charge on any atom is -0.395 e. The maximum absolute atomic E-state index is 12.4. The Bertz CT molecular complexity index is 961. The van der Waals surface area contributed by atoms with Gasteiger partial charge in [-0.2, -0.15) is 0 Å². The molecule has 2 aromatic carbocycles. The van der Waals surface area contributed by atoms with Crippen LogP contribution in [0.5, 0.6) is 0 Å². The molecule has 0 spiro atoms. The molecule has 0 amide bonds. The fourth-order valence-corrected chi connectivity index (χ4v) is 4.80. The average Bonchev–Trinajstić information content (AvgIpc) is 2.58.